The largest absolute Gasteiger partial charge is 0.332 e. The molecule has 0 radical (unpaired) electrons. The van der Waals surface area contributed by atoms with Crippen LogP contribution in [-0.2, 0) is 14.1 Å². The second-order valence-corrected chi connectivity index (χ2v) is 5.12. The molecule has 0 aliphatic heterocycles. The molecular formula is C12H11N5O2S. The average molecular weight is 289 g/mol. The summed E-state index contributed by atoms with van der Waals surface area (Å²) in [7, 11) is 3.04. The van der Waals surface area contributed by atoms with Gasteiger partial charge in [-0.05, 0) is 6.07 Å². The predicted molar refractivity (Wildman–Crippen MR) is 77.6 cm³/mol. The zero-order valence-electron chi connectivity index (χ0n) is 10.8. The highest BCUT2D eigenvalue weighted by molar-refractivity contribution is 7.13. The average Bonchev–Trinajstić information content (AvgIpc) is 2.95. The van der Waals surface area contributed by atoms with E-state index in [0.717, 1.165) is 4.57 Å². The number of hydrogen-bond acceptors (Lipinski definition) is 6. The Labute approximate surface area is 117 Å². The lowest BCUT2D eigenvalue weighted by molar-refractivity contribution is 0.708. The molecule has 0 fully saturated rings. The van der Waals surface area contributed by atoms with Crippen LogP contribution in [0.3, 0.4) is 0 Å². The third kappa shape index (κ3) is 1.81. The summed E-state index contributed by atoms with van der Waals surface area (Å²) in [5, 5.41) is 5.96. The number of anilines is 2. The van der Waals surface area contributed by atoms with Gasteiger partial charge in [-0.2, -0.15) is 0 Å². The number of nitrogens with zero attached hydrogens (tertiary/aromatic N) is 4. The van der Waals surface area contributed by atoms with Crippen LogP contribution in [0.2, 0.25) is 0 Å². The van der Waals surface area contributed by atoms with Crippen molar-refractivity contribution in [2.45, 2.75) is 0 Å². The molecule has 1 N–H and O–H groups in total. The van der Waals surface area contributed by atoms with E-state index in [4.69, 9.17) is 0 Å². The fourth-order valence-corrected chi connectivity index (χ4v) is 2.53. The number of thiazole rings is 1. The smallest absolute Gasteiger partial charge is 0.331 e. The zero-order valence-corrected chi connectivity index (χ0v) is 11.6. The summed E-state index contributed by atoms with van der Waals surface area (Å²) >= 11 is 1.42. The van der Waals surface area contributed by atoms with Gasteiger partial charge in [0.05, 0.1) is 5.69 Å². The first-order chi connectivity index (χ1) is 9.59. The molecule has 3 heterocycles. The molecule has 3 rings (SSSR count). The van der Waals surface area contributed by atoms with Crippen molar-refractivity contribution in [2.75, 3.05) is 5.32 Å². The first kappa shape index (κ1) is 12.5. The molecule has 3 aromatic heterocycles. The minimum absolute atomic E-state index is 0.347. The number of aromatic nitrogens is 4. The summed E-state index contributed by atoms with van der Waals surface area (Å²) in [6, 6.07) is 1.69. The number of hydrogen-bond donors (Lipinski definition) is 1. The van der Waals surface area contributed by atoms with E-state index >= 15 is 0 Å². The Morgan fingerprint density at radius 2 is 1.95 bits per heavy atom. The molecule has 0 spiro atoms. The lowest BCUT2D eigenvalue weighted by Gasteiger charge is -2.10. The SMILES string of the molecule is Cn1c(=O)c2c(Nc3nccs3)ccnc2n(C)c1=O. The van der Waals surface area contributed by atoms with Gasteiger partial charge in [0.1, 0.15) is 5.39 Å². The van der Waals surface area contributed by atoms with E-state index in [1.807, 2.05) is 5.38 Å². The second kappa shape index (κ2) is 4.57. The van der Waals surface area contributed by atoms with Gasteiger partial charge < -0.3 is 5.32 Å². The van der Waals surface area contributed by atoms with Crippen molar-refractivity contribution in [1.29, 1.82) is 0 Å². The molecule has 0 amide bonds. The van der Waals surface area contributed by atoms with E-state index in [-0.39, 0.29) is 5.56 Å². The molecule has 0 aliphatic rings. The van der Waals surface area contributed by atoms with Crippen LogP contribution in [0.15, 0.2) is 33.4 Å². The van der Waals surface area contributed by atoms with Gasteiger partial charge in [-0.1, -0.05) is 0 Å². The molecule has 8 heteroatoms. The van der Waals surface area contributed by atoms with E-state index in [1.54, 1.807) is 25.5 Å². The third-order valence-electron chi connectivity index (χ3n) is 3.01. The zero-order chi connectivity index (χ0) is 14.3. The molecule has 0 bridgehead atoms. The Morgan fingerprint density at radius 3 is 2.65 bits per heavy atom. The fraction of sp³-hybridized carbons (Fsp3) is 0.167. The first-order valence-corrected chi connectivity index (χ1v) is 6.69. The first-order valence-electron chi connectivity index (χ1n) is 5.81. The van der Waals surface area contributed by atoms with Crippen molar-refractivity contribution in [2.24, 2.45) is 14.1 Å². The van der Waals surface area contributed by atoms with Crippen molar-refractivity contribution in [3.05, 3.63) is 44.7 Å². The monoisotopic (exact) mass is 289 g/mol. The van der Waals surface area contributed by atoms with Crippen molar-refractivity contribution in [3.63, 3.8) is 0 Å². The minimum atomic E-state index is -0.401. The Morgan fingerprint density at radius 1 is 1.15 bits per heavy atom. The number of nitrogens with one attached hydrogen (secondary N) is 1. The molecule has 0 saturated heterocycles. The van der Waals surface area contributed by atoms with Crippen molar-refractivity contribution >= 4 is 33.2 Å². The van der Waals surface area contributed by atoms with Crippen molar-refractivity contribution < 1.29 is 0 Å². The quantitative estimate of drug-likeness (QED) is 0.755. The van der Waals surface area contributed by atoms with Crippen LogP contribution in [0.5, 0.6) is 0 Å². The van der Waals surface area contributed by atoms with Crippen LogP contribution >= 0.6 is 11.3 Å². The summed E-state index contributed by atoms with van der Waals surface area (Å²) in [6.07, 6.45) is 3.22. The van der Waals surface area contributed by atoms with E-state index < -0.39 is 5.69 Å². The molecule has 20 heavy (non-hydrogen) atoms. The van der Waals surface area contributed by atoms with E-state index in [2.05, 4.69) is 15.3 Å². The molecule has 0 aromatic carbocycles. The van der Waals surface area contributed by atoms with Crippen LogP contribution in [0.25, 0.3) is 11.0 Å². The highest BCUT2D eigenvalue weighted by Gasteiger charge is 2.13. The topological polar surface area (TPSA) is 81.8 Å². The molecular weight excluding hydrogens is 278 g/mol. The summed E-state index contributed by atoms with van der Waals surface area (Å²) in [5.41, 5.74) is 0.150. The maximum absolute atomic E-state index is 12.3. The normalized spacial score (nSPS) is 10.9. The van der Waals surface area contributed by atoms with Gasteiger partial charge in [-0.25, -0.2) is 14.8 Å². The highest BCUT2D eigenvalue weighted by atomic mass is 32.1. The van der Waals surface area contributed by atoms with Gasteiger partial charge in [-0.3, -0.25) is 13.9 Å². The maximum atomic E-state index is 12.3. The van der Waals surface area contributed by atoms with Gasteiger partial charge in [0.25, 0.3) is 5.56 Å². The molecule has 102 valence electrons. The second-order valence-electron chi connectivity index (χ2n) is 4.23. The number of fused-ring (bicyclic) bond motifs is 1. The van der Waals surface area contributed by atoms with Crippen LogP contribution < -0.4 is 16.6 Å². The van der Waals surface area contributed by atoms with E-state index in [0.29, 0.717) is 21.9 Å². The predicted octanol–water partition coefficient (Wildman–Crippen LogP) is 0.832. The van der Waals surface area contributed by atoms with Crippen LogP contribution in [0.4, 0.5) is 10.8 Å². The van der Waals surface area contributed by atoms with Gasteiger partial charge in [0.2, 0.25) is 0 Å². The van der Waals surface area contributed by atoms with Gasteiger partial charge >= 0.3 is 5.69 Å². The Kier molecular flexibility index (Phi) is 2.87. The maximum Gasteiger partial charge on any atom is 0.332 e. The van der Waals surface area contributed by atoms with Gasteiger partial charge in [0, 0.05) is 31.9 Å². The lowest BCUT2D eigenvalue weighted by Crippen LogP contribution is -2.37. The van der Waals surface area contributed by atoms with Crippen LogP contribution in [0, 0.1) is 0 Å². The molecule has 0 aliphatic carbocycles. The Balaban J connectivity index is 2.35. The molecule has 3 aromatic rings. The van der Waals surface area contributed by atoms with E-state index in [9.17, 15) is 9.59 Å². The van der Waals surface area contributed by atoms with Crippen molar-refractivity contribution in [1.82, 2.24) is 19.1 Å². The van der Waals surface area contributed by atoms with Gasteiger partial charge in [0.15, 0.2) is 10.8 Å². The van der Waals surface area contributed by atoms with Gasteiger partial charge in [-0.15, -0.1) is 11.3 Å². The van der Waals surface area contributed by atoms with Crippen molar-refractivity contribution in [3.8, 4) is 0 Å². The van der Waals surface area contributed by atoms with E-state index in [1.165, 1.54) is 23.0 Å². The summed E-state index contributed by atoms with van der Waals surface area (Å²) in [4.78, 5) is 32.4. The number of rotatable bonds is 2. The standard InChI is InChI=1S/C12H11N5O2S/c1-16-9-8(10(18)17(2)12(16)19)7(3-4-13-9)15-11-14-5-6-20-11/h3-6H,1-2H3,(H,13,14,15). The Hall–Kier alpha value is -2.48. The molecule has 0 atom stereocenters. The van der Waals surface area contributed by atoms with Crippen LogP contribution in [-0.4, -0.2) is 19.1 Å². The lowest BCUT2D eigenvalue weighted by atomic mass is 10.2. The minimum Gasteiger partial charge on any atom is -0.331 e. The summed E-state index contributed by atoms with van der Waals surface area (Å²) < 4.78 is 2.42. The molecule has 0 saturated carbocycles. The summed E-state index contributed by atoms with van der Waals surface area (Å²) in [6.45, 7) is 0. The molecule has 0 unspecified atom stereocenters. The number of aryl methyl sites for hydroxylation is 1. The Bertz CT molecular complexity index is 895. The van der Waals surface area contributed by atoms with Crippen LogP contribution in [0.1, 0.15) is 0 Å². The molecule has 7 nitrogen and oxygen atoms in total. The highest BCUT2D eigenvalue weighted by Crippen LogP contribution is 2.22. The fourth-order valence-electron chi connectivity index (χ4n) is 1.99. The summed E-state index contributed by atoms with van der Waals surface area (Å²) in [5.74, 6) is 0. The third-order valence-corrected chi connectivity index (χ3v) is 3.70. The number of pyridine rings is 1.